The predicted octanol–water partition coefficient (Wildman–Crippen LogP) is 0.377. The van der Waals surface area contributed by atoms with Crippen LogP contribution in [-0.2, 0) is 9.53 Å². The highest BCUT2D eigenvalue weighted by Gasteiger charge is 2.38. The minimum Gasteiger partial charge on any atom is -0.379 e. The first kappa shape index (κ1) is 12.0. The normalized spacial score (nSPS) is 25.5. The molecule has 1 aromatic heterocycles. The number of nitrogens with two attached hydrogens (primary N) is 1. The molecule has 2 heterocycles. The second kappa shape index (κ2) is 4.81. The monoisotopic (exact) mass is 235 g/mol. The predicted molar refractivity (Wildman–Crippen MR) is 63.1 cm³/mol. The Morgan fingerprint density at radius 1 is 1.65 bits per heavy atom. The van der Waals surface area contributed by atoms with Crippen molar-refractivity contribution in [2.24, 2.45) is 5.73 Å². The fourth-order valence-electron chi connectivity index (χ4n) is 1.81. The lowest BCUT2D eigenvalue weighted by atomic mass is 9.98. The van der Waals surface area contributed by atoms with Gasteiger partial charge < -0.3 is 15.8 Å². The minimum absolute atomic E-state index is 0.148. The number of amides is 1. The average molecular weight is 235 g/mol. The molecule has 0 bridgehead atoms. The zero-order valence-corrected chi connectivity index (χ0v) is 9.85. The summed E-state index contributed by atoms with van der Waals surface area (Å²) >= 11 is 0. The van der Waals surface area contributed by atoms with Gasteiger partial charge in [-0.2, -0.15) is 0 Å². The highest BCUT2D eigenvalue weighted by Crippen LogP contribution is 2.17. The van der Waals surface area contributed by atoms with Crippen molar-refractivity contribution in [3.05, 3.63) is 30.1 Å². The molecule has 1 aromatic rings. The van der Waals surface area contributed by atoms with E-state index in [2.05, 4.69) is 10.3 Å². The number of nitrogens with one attached hydrogen (secondary N) is 1. The maximum atomic E-state index is 12.0. The zero-order valence-electron chi connectivity index (χ0n) is 9.85. The Labute approximate surface area is 100 Å². The van der Waals surface area contributed by atoms with E-state index in [0.717, 1.165) is 5.69 Å². The van der Waals surface area contributed by atoms with E-state index in [1.54, 1.807) is 6.20 Å². The molecule has 17 heavy (non-hydrogen) atoms. The molecule has 5 nitrogen and oxygen atoms in total. The summed E-state index contributed by atoms with van der Waals surface area (Å²) < 4.78 is 5.17. The fourth-order valence-corrected chi connectivity index (χ4v) is 1.81. The number of nitrogens with zero attached hydrogens (tertiary/aromatic N) is 1. The van der Waals surface area contributed by atoms with Crippen LogP contribution in [0.3, 0.4) is 0 Å². The van der Waals surface area contributed by atoms with Crippen LogP contribution >= 0.6 is 0 Å². The van der Waals surface area contributed by atoms with Gasteiger partial charge >= 0.3 is 0 Å². The summed E-state index contributed by atoms with van der Waals surface area (Å²) in [6, 6.07) is 5.46. The molecule has 1 aliphatic heterocycles. The number of carbonyl (C=O) groups excluding carboxylic acids is 1. The van der Waals surface area contributed by atoms with Crippen molar-refractivity contribution in [1.82, 2.24) is 10.3 Å². The Balaban J connectivity index is 1.99. The first-order valence-electron chi connectivity index (χ1n) is 5.70. The Morgan fingerprint density at radius 3 is 3.06 bits per heavy atom. The molecule has 92 valence electrons. The Hall–Kier alpha value is -1.46. The molecule has 2 rings (SSSR count). The Bertz CT molecular complexity index is 388. The summed E-state index contributed by atoms with van der Waals surface area (Å²) in [5.41, 5.74) is 5.91. The standard InChI is InChI=1S/C12H17N3O2/c1-9(10-4-2-3-6-14-10)15-11(16)12(13)5-7-17-8-12/h2-4,6,9H,5,7-8,13H2,1H3,(H,15,16)/t9-,12?/m0/s1. The van der Waals surface area contributed by atoms with Gasteiger partial charge in [0.05, 0.1) is 18.3 Å². The molecule has 0 saturated carbocycles. The van der Waals surface area contributed by atoms with Gasteiger partial charge in [-0.25, -0.2) is 0 Å². The summed E-state index contributed by atoms with van der Waals surface area (Å²) in [6.07, 6.45) is 2.27. The summed E-state index contributed by atoms with van der Waals surface area (Å²) in [6.45, 7) is 2.72. The highest BCUT2D eigenvalue weighted by molar-refractivity contribution is 5.86. The van der Waals surface area contributed by atoms with E-state index in [4.69, 9.17) is 10.5 Å². The number of hydrogen-bond donors (Lipinski definition) is 2. The van der Waals surface area contributed by atoms with E-state index in [9.17, 15) is 4.79 Å². The zero-order chi connectivity index (χ0) is 12.3. The molecular weight excluding hydrogens is 218 g/mol. The third-order valence-electron chi connectivity index (χ3n) is 2.98. The van der Waals surface area contributed by atoms with Crippen LogP contribution in [0.1, 0.15) is 25.1 Å². The summed E-state index contributed by atoms with van der Waals surface area (Å²) in [4.78, 5) is 16.2. The van der Waals surface area contributed by atoms with Gasteiger partial charge in [0.15, 0.2) is 0 Å². The summed E-state index contributed by atoms with van der Waals surface area (Å²) in [5, 5.41) is 2.87. The first-order chi connectivity index (χ1) is 8.12. The van der Waals surface area contributed by atoms with Gasteiger partial charge in [0, 0.05) is 12.8 Å². The van der Waals surface area contributed by atoms with Gasteiger partial charge in [0.1, 0.15) is 5.54 Å². The minimum atomic E-state index is -0.886. The van der Waals surface area contributed by atoms with Crippen molar-refractivity contribution in [1.29, 1.82) is 0 Å². The molecule has 1 unspecified atom stereocenters. The average Bonchev–Trinajstić information content (AvgIpc) is 2.78. The summed E-state index contributed by atoms with van der Waals surface area (Å²) in [5.74, 6) is -0.173. The van der Waals surface area contributed by atoms with Crippen LogP contribution in [-0.4, -0.2) is 29.6 Å². The first-order valence-corrected chi connectivity index (χ1v) is 5.70. The molecule has 1 fully saturated rings. The van der Waals surface area contributed by atoms with E-state index < -0.39 is 5.54 Å². The van der Waals surface area contributed by atoms with Crippen molar-refractivity contribution in [3.8, 4) is 0 Å². The van der Waals surface area contributed by atoms with Gasteiger partial charge in [0.2, 0.25) is 5.91 Å². The maximum absolute atomic E-state index is 12.0. The van der Waals surface area contributed by atoms with E-state index >= 15 is 0 Å². The molecule has 5 heteroatoms. The molecule has 0 spiro atoms. The van der Waals surface area contributed by atoms with Crippen LogP contribution < -0.4 is 11.1 Å². The van der Waals surface area contributed by atoms with E-state index in [-0.39, 0.29) is 18.6 Å². The lowest BCUT2D eigenvalue weighted by molar-refractivity contribution is -0.127. The molecular formula is C12H17N3O2. The number of aromatic nitrogens is 1. The molecule has 1 aliphatic rings. The van der Waals surface area contributed by atoms with Gasteiger partial charge in [-0.3, -0.25) is 9.78 Å². The van der Waals surface area contributed by atoms with Crippen molar-refractivity contribution in [2.75, 3.05) is 13.2 Å². The van der Waals surface area contributed by atoms with Gasteiger partial charge in [-0.1, -0.05) is 6.07 Å². The van der Waals surface area contributed by atoms with Crippen molar-refractivity contribution >= 4 is 5.91 Å². The summed E-state index contributed by atoms with van der Waals surface area (Å²) in [7, 11) is 0. The van der Waals surface area contributed by atoms with Crippen molar-refractivity contribution in [2.45, 2.75) is 24.9 Å². The number of rotatable bonds is 3. The SMILES string of the molecule is C[C@H](NC(=O)C1(N)CCOC1)c1ccccn1. The van der Waals surface area contributed by atoms with Crippen LogP contribution in [0.4, 0.5) is 0 Å². The van der Waals surface area contributed by atoms with Crippen molar-refractivity contribution < 1.29 is 9.53 Å². The second-order valence-corrected chi connectivity index (χ2v) is 4.41. The molecule has 0 aliphatic carbocycles. The molecule has 3 N–H and O–H groups in total. The number of ether oxygens (including phenoxy) is 1. The largest absolute Gasteiger partial charge is 0.379 e. The lowest BCUT2D eigenvalue weighted by Crippen LogP contribution is -2.55. The van der Waals surface area contributed by atoms with Gasteiger partial charge in [-0.05, 0) is 25.5 Å². The molecule has 0 radical (unpaired) electrons. The van der Waals surface area contributed by atoms with Crippen LogP contribution in [0.2, 0.25) is 0 Å². The fraction of sp³-hybridized carbons (Fsp3) is 0.500. The number of hydrogen-bond acceptors (Lipinski definition) is 4. The second-order valence-electron chi connectivity index (χ2n) is 4.41. The van der Waals surface area contributed by atoms with Gasteiger partial charge in [-0.15, -0.1) is 0 Å². The highest BCUT2D eigenvalue weighted by atomic mass is 16.5. The van der Waals surface area contributed by atoms with E-state index in [1.165, 1.54) is 0 Å². The topological polar surface area (TPSA) is 77.2 Å². The third kappa shape index (κ3) is 2.62. The van der Waals surface area contributed by atoms with Crippen molar-refractivity contribution in [3.63, 3.8) is 0 Å². The molecule has 0 aromatic carbocycles. The number of carbonyl (C=O) groups is 1. The van der Waals surface area contributed by atoms with Crippen LogP contribution in [0.15, 0.2) is 24.4 Å². The molecule has 2 atom stereocenters. The smallest absolute Gasteiger partial charge is 0.243 e. The van der Waals surface area contributed by atoms with Crippen LogP contribution in [0, 0.1) is 0 Å². The molecule has 1 amide bonds. The Kier molecular flexibility index (Phi) is 3.40. The van der Waals surface area contributed by atoms with E-state index in [1.807, 2.05) is 25.1 Å². The van der Waals surface area contributed by atoms with Crippen LogP contribution in [0.25, 0.3) is 0 Å². The van der Waals surface area contributed by atoms with Crippen LogP contribution in [0.5, 0.6) is 0 Å². The third-order valence-corrected chi connectivity index (χ3v) is 2.98. The van der Waals surface area contributed by atoms with Gasteiger partial charge in [0.25, 0.3) is 0 Å². The lowest BCUT2D eigenvalue weighted by Gasteiger charge is -2.23. The van der Waals surface area contributed by atoms with E-state index in [0.29, 0.717) is 13.0 Å². The quantitative estimate of drug-likeness (QED) is 0.794. The Morgan fingerprint density at radius 2 is 2.47 bits per heavy atom. The number of pyridine rings is 1. The molecule has 1 saturated heterocycles. The maximum Gasteiger partial charge on any atom is 0.243 e.